The van der Waals surface area contributed by atoms with E-state index in [1.165, 1.54) is 89.9 Å². The molecule has 0 aliphatic carbocycles. The molecule has 0 fully saturated rings. The Kier molecular flexibility index (Phi) is 17.5. The van der Waals surface area contributed by atoms with Crippen molar-refractivity contribution in [2.24, 2.45) is 0 Å². The van der Waals surface area contributed by atoms with Gasteiger partial charge in [0.05, 0.1) is 0 Å². The first-order chi connectivity index (χ1) is 9.41. The third-order valence-electron chi connectivity index (χ3n) is 3.76. The van der Waals surface area contributed by atoms with Crippen molar-refractivity contribution >= 4 is 0 Å². The first-order valence-electron chi connectivity index (χ1n) is 8.74. The lowest BCUT2D eigenvalue weighted by atomic mass is 10.0. The molecule has 0 rings (SSSR count). The summed E-state index contributed by atoms with van der Waals surface area (Å²) in [5.74, 6) is 0. The summed E-state index contributed by atoms with van der Waals surface area (Å²) in [6.07, 6.45) is 27.3. The molecule has 0 heteroatoms. The molecule has 0 bridgehead atoms. The molecule has 0 aromatic heterocycles. The van der Waals surface area contributed by atoms with Crippen molar-refractivity contribution in [1.29, 1.82) is 0 Å². The molecule has 0 spiro atoms. The van der Waals surface area contributed by atoms with Crippen LogP contribution in [0.1, 0.15) is 104 Å². The number of unbranched alkanes of at least 4 members (excludes halogenated alkanes) is 13. The Bertz CT molecular complexity index is 169. The quantitative estimate of drug-likeness (QED) is 0.276. The van der Waals surface area contributed by atoms with E-state index in [1.807, 2.05) is 13.0 Å². The van der Waals surface area contributed by atoms with E-state index < -0.39 is 0 Å². The molecular formula is C19H36. The molecule has 0 aliphatic heterocycles. The van der Waals surface area contributed by atoms with Gasteiger partial charge >= 0.3 is 0 Å². The van der Waals surface area contributed by atoms with Crippen molar-refractivity contribution < 1.29 is 0 Å². The fourth-order valence-corrected chi connectivity index (χ4v) is 2.48. The Labute approximate surface area is 123 Å². The van der Waals surface area contributed by atoms with Gasteiger partial charge in [-0.2, -0.15) is 0 Å². The van der Waals surface area contributed by atoms with E-state index in [9.17, 15) is 0 Å². The van der Waals surface area contributed by atoms with Crippen LogP contribution in [0.2, 0.25) is 0 Å². The van der Waals surface area contributed by atoms with Crippen molar-refractivity contribution in [3.05, 3.63) is 18.6 Å². The largest absolute Gasteiger partial charge is 0.0879 e. The standard InChI is InChI=1S/C19H36/c1-3-5-7-9-11-13-15-17-19-18-16-14-12-10-8-6-4-2/h6,8H,3,5,7,9-19H2,1-2H3/b8-6+. The molecule has 0 N–H and O–H groups in total. The molecular weight excluding hydrogens is 228 g/mol. The van der Waals surface area contributed by atoms with Crippen LogP contribution in [0, 0.1) is 6.42 Å². The fraction of sp³-hybridized carbons (Fsp3) is 0.842. The van der Waals surface area contributed by atoms with Gasteiger partial charge in [0.25, 0.3) is 0 Å². The predicted molar refractivity (Wildman–Crippen MR) is 88.4 cm³/mol. The Morgan fingerprint density at radius 1 is 0.632 bits per heavy atom. The molecule has 0 aliphatic rings. The minimum Gasteiger partial charge on any atom is -0.0879 e. The van der Waals surface area contributed by atoms with Gasteiger partial charge in [0.1, 0.15) is 0 Å². The van der Waals surface area contributed by atoms with Crippen molar-refractivity contribution in [1.82, 2.24) is 0 Å². The van der Waals surface area contributed by atoms with Crippen LogP contribution in [-0.4, -0.2) is 0 Å². The van der Waals surface area contributed by atoms with E-state index in [4.69, 9.17) is 0 Å². The first kappa shape index (κ1) is 18.7. The van der Waals surface area contributed by atoms with Crippen molar-refractivity contribution in [3.8, 4) is 0 Å². The summed E-state index contributed by atoms with van der Waals surface area (Å²) in [6, 6.07) is 0. The van der Waals surface area contributed by atoms with Crippen LogP contribution in [-0.2, 0) is 0 Å². The minimum atomic E-state index is 1.23. The summed E-state index contributed by atoms with van der Waals surface area (Å²) in [5.41, 5.74) is 0. The number of allylic oxidation sites excluding steroid dienone is 2. The highest BCUT2D eigenvalue weighted by Crippen LogP contribution is 2.12. The van der Waals surface area contributed by atoms with Gasteiger partial charge < -0.3 is 0 Å². The van der Waals surface area contributed by atoms with E-state index in [-0.39, 0.29) is 0 Å². The summed E-state index contributed by atoms with van der Waals surface area (Å²) in [4.78, 5) is 0. The highest BCUT2D eigenvalue weighted by molar-refractivity contribution is 4.91. The summed E-state index contributed by atoms with van der Waals surface area (Å²) in [5, 5.41) is 0. The molecule has 0 aromatic rings. The summed E-state index contributed by atoms with van der Waals surface area (Å²) < 4.78 is 0. The van der Waals surface area contributed by atoms with Gasteiger partial charge in [-0.15, -0.1) is 0 Å². The third-order valence-corrected chi connectivity index (χ3v) is 3.76. The molecule has 0 aromatic carbocycles. The maximum Gasteiger partial charge on any atom is 0.00470 e. The Balaban J connectivity index is 2.93. The molecule has 112 valence electrons. The smallest absolute Gasteiger partial charge is 0.00470 e. The second-order valence-electron chi connectivity index (χ2n) is 5.72. The molecule has 0 nitrogen and oxygen atoms in total. The van der Waals surface area contributed by atoms with E-state index >= 15 is 0 Å². The van der Waals surface area contributed by atoms with Crippen LogP contribution in [0.5, 0.6) is 0 Å². The van der Waals surface area contributed by atoms with E-state index in [0.29, 0.717) is 0 Å². The number of rotatable bonds is 15. The molecule has 0 unspecified atom stereocenters. The zero-order chi connectivity index (χ0) is 14.0. The van der Waals surface area contributed by atoms with E-state index in [1.54, 1.807) is 0 Å². The lowest BCUT2D eigenvalue weighted by Gasteiger charge is -2.02. The number of hydrogen-bond acceptors (Lipinski definition) is 0. The monoisotopic (exact) mass is 264 g/mol. The minimum absolute atomic E-state index is 1.23. The zero-order valence-electron chi connectivity index (χ0n) is 13.6. The average molecular weight is 264 g/mol. The molecule has 0 amide bonds. The fourth-order valence-electron chi connectivity index (χ4n) is 2.48. The van der Waals surface area contributed by atoms with Gasteiger partial charge in [-0.25, -0.2) is 0 Å². The van der Waals surface area contributed by atoms with E-state index in [0.717, 1.165) is 0 Å². The Hall–Kier alpha value is -0.260. The lowest BCUT2D eigenvalue weighted by molar-refractivity contribution is 0.540. The molecule has 2 radical (unpaired) electrons. The zero-order valence-corrected chi connectivity index (χ0v) is 13.6. The van der Waals surface area contributed by atoms with Crippen LogP contribution in [0.25, 0.3) is 0 Å². The highest BCUT2D eigenvalue weighted by Gasteiger charge is 1.93. The van der Waals surface area contributed by atoms with Crippen molar-refractivity contribution in [2.75, 3.05) is 0 Å². The maximum absolute atomic E-state index is 3.03. The van der Waals surface area contributed by atoms with Gasteiger partial charge in [-0.1, -0.05) is 103 Å². The Morgan fingerprint density at radius 3 is 1.47 bits per heavy atom. The highest BCUT2D eigenvalue weighted by atomic mass is 14.0. The predicted octanol–water partition coefficient (Wildman–Crippen LogP) is 7.13. The third kappa shape index (κ3) is 17.7. The average Bonchev–Trinajstić information content (AvgIpc) is 2.43. The molecule has 0 atom stereocenters. The van der Waals surface area contributed by atoms with Crippen LogP contribution in [0.15, 0.2) is 12.2 Å². The SMILES string of the molecule is C[C]/C=C/CCCCCCCCCCCCCCC. The van der Waals surface area contributed by atoms with Crippen LogP contribution >= 0.6 is 0 Å². The van der Waals surface area contributed by atoms with E-state index in [2.05, 4.69) is 19.4 Å². The van der Waals surface area contributed by atoms with Crippen LogP contribution in [0.3, 0.4) is 0 Å². The van der Waals surface area contributed by atoms with Gasteiger partial charge in [-0.3, -0.25) is 0 Å². The lowest BCUT2D eigenvalue weighted by Crippen LogP contribution is -1.82. The topological polar surface area (TPSA) is 0 Å². The van der Waals surface area contributed by atoms with Crippen molar-refractivity contribution in [2.45, 2.75) is 104 Å². The van der Waals surface area contributed by atoms with Gasteiger partial charge in [0, 0.05) is 6.42 Å². The van der Waals surface area contributed by atoms with Crippen LogP contribution in [0.4, 0.5) is 0 Å². The molecule has 0 saturated heterocycles. The van der Waals surface area contributed by atoms with Crippen molar-refractivity contribution in [3.63, 3.8) is 0 Å². The first-order valence-corrected chi connectivity index (χ1v) is 8.74. The number of hydrogen-bond donors (Lipinski definition) is 0. The summed E-state index contributed by atoms with van der Waals surface area (Å²) >= 11 is 0. The van der Waals surface area contributed by atoms with Crippen LogP contribution < -0.4 is 0 Å². The second kappa shape index (κ2) is 17.7. The van der Waals surface area contributed by atoms with Gasteiger partial charge in [0.2, 0.25) is 0 Å². The Morgan fingerprint density at radius 2 is 1.05 bits per heavy atom. The summed E-state index contributed by atoms with van der Waals surface area (Å²) in [7, 11) is 0. The molecule has 0 heterocycles. The van der Waals surface area contributed by atoms with Gasteiger partial charge in [-0.05, 0) is 12.8 Å². The second-order valence-corrected chi connectivity index (χ2v) is 5.72. The van der Waals surface area contributed by atoms with Gasteiger partial charge in [0.15, 0.2) is 0 Å². The summed E-state index contributed by atoms with van der Waals surface area (Å²) in [6.45, 7) is 4.25. The molecule has 19 heavy (non-hydrogen) atoms. The maximum atomic E-state index is 3.03. The normalized spacial score (nSPS) is 11.5. The molecule has 0 saturated carbocycles.